The highest BCUT2D eigenvalue weighted by Crippen LogP contribution is 2.35. The Labute approximate surface area is 179 Å². The maximum atomic E-state index is 12.3. The second kappa shape index (κ2) is 8.74. The van der Waals surface area contributed by atoms with Crippen LogP contribution in [0.3, 0.4) is 0 Å². The zero-order valence-corrected chi connectivity index (χ0v) is 16.9. The van der Waals surface area contributed by atoms with Crippen LogP contribution < -0.4 is 21.1 Å². The molecule has 8 heteroatoms. The van der Waals surface area contributed by atoms with Crippen LogP contribution in [0.4, 0.5) is 5.82 Å². The fourth-order valence-electron chi connectivity index (χ4n) is 3.57. The van der Waals surface area contributed by atoms with Crippen LogP contribution in [0.25, 0.3) is 11.3 Å². The van der Waals surface area contributed by atoms with Gasteiger partial charge in [-0.05, 0) is 48.9 Å². The smallest absolute Gasteiger partial charge is 0.254 e. The number of rotatable bonds is 7. The number of nitrogens with two attached hydrogens (primary N) is 1. The molecule has 0 unspecified atom stereocenters. The molecule has 2 aromatic carbocycles. The Kier molecular flexibility index (Phi) is 5.70. The Morgan fingerprint density at radius 3 is 2.58 bits per heavy atom. The van der Waals surface area contributed by atoms with E-state index >= 15 is 0 Å². The van der Waals surface area contributed by atoms with Gasteiger partial charge in [0.25, 0.3) is 5.91 Å². The fourth-order valence-corrected chi connectivity index (χ4v) is 3.57. The van der Waals surface area contributed by atoms with Crippen LogP contribution in [0.15, 0.2) is 67.3 Å². The van der Waals surface area contributed by atoms with Crippen molar-refractivity contribution in [2.75, 3.05) is 18.4 Å². The van der Waals surface area contributed by atoms with E-state index in [0.717, 1.165) is 17.7 Å². The minimum atomic E-state index is -0.566. The lowest BCUT2D eigenvalue weighted by Gasteiger charge is -2.26. The van der Waals surface area contributed by atoms with Crippen molar-refractivity contribution >= 4 is 17.6 Å². The second-order valence-corrected chi connectivity index (χ2v) is 7.14. The molecule has 0 saturated heterocycles. The zero-order chi connectivity index (χ0) is 21.8. The van der Waals surface area contributed by atoms with Gasteiger partial charge >= 0.3 is 0 Å². The number of ether oxygens (including phenoxy) is 1. The zero-order valence-electron chi connectivity index (χ0n) is 16.9. The summed E-state index contributed by atoms with van der Waals surface area (Å²) < 4.78 is 7.57. The summed E-state index contributed by atoms with van der Waals surface area (Å²) in [7, 11) is 0. The van der Waals surface area contributed by atoms with Crippen molar-refractivity contribution in [3.8, 4) is 22.8 Å². The maximum Gasteiger partial charge on any atom is 0.254 e. The van der Waals surface area contributed by atoms with Crippen molar-refractivity contribution in [3.05, 3.63) is 72.8 Å². The van der Waals surface area contributed by atoms with E-state index in [9.17, 15) is 9.59 Å². The standard InChI is InChI=1S/C23H23N5O3/c1-2-19(29)26-14-16-12-13-25-23-20(22(24)30)21(27-28(16)23)15-8-10-18(11-9-15)31-17-6-4-3-5-7-17/h2-11,16,25H,1,12-14H2,(H2,24,30)(H,26,29)/t16-/m0/s1. The van der Waals surface area contributed by atoms with E-state index in [1.54, 1.807) is 4.68 Å². The van der Waals surface area contributed by atoms with E-state index in [2.05, 4.69) is 22.3 Å². The summed E-state index contributed by atoms with van der Waals surface area (Å²) in [6.07, 6.45) is 1.97. The van der Waals surface area contributed by atoms with E-state index < -0.39 is 5.91 Å². The molecule has 0 radical (unpaired) electrons. The molecule has 0 spiro atoms. The summed E-state index contributed by atoms with van der Waals surface area (Å²) in [6.45, 7) is 4.49. The molecule has 31 heavy (non-hydrogen) atoms. The van der Waals surface area contributed by atoms with Crippen molar-refractivity contribution in [2.24, 2.45) is 5.73 Å². The monoisotopic (exact) mass is 417 g/mol. The van der Waals surface area contributed by atoms with Gasteiger partial charge in [0.15, 0.2) is 0 Å². The van der Waals surface area contributed by atoms with Crippen molar-refractivity contribution in [1.29, 1.82) is 0 Å². The molecule has 158 valence electrons. The van der Waals surface area contributed by atoms with Crippen LogP contribution in [0.1, 0.15) is 22.8 Å². The largest absolute Gasteiger partial charge is 0.457 e. The van der Waals surface area contributed by atoms with E-state index in [0.29, 0.717) is 35.9 Å². The quantitative estimate of drug-likeness (QED) is 0.512. The van der Waals surface area contributed by atoms with Gasteiger partial charge in [-0.2, -0.15) is 5.10 Å². The van der Waals surface area contributed by atoms with Crippen molar-refractivity contribution in [1.82, 2.24) is 15.1 Å². The van der Waals surface area contributed by atoms with Crippen LogP contribution in [0, 0.1) is 0 Å². The SMILES string of the molecule is C=CC(=O)NC[C@@H]1CCNc2c(C(N)=O)c(-c3ccc(Oc4ccccc4)cc3)nn21. The Morgan fingerprint density at radius 2 is 1.90 bits per heavy atom. The van der Waals surface area contributed by atoms with E-state index in [4.69, 9.17) is 10.5 Å². The highest BCUT2D eigenvalue weighted by Gasteiger charge is 2.29. The second-order valence-electron chi connectivity index (χ2n) is 7.14. The van der Waals surface area contributed by atoms with Crippen LogP contribution >= 0.6 is 0 Å². The van der Waals surface area contributed by atoms with E-state index in [1.807, 2.05) is 54.6 Å². The van der Waals surface area contributed by atoms with Crippen LogP contribution in [0.2, 0.25) is 0 Å². The molecule has 0 saturated carbocycles. The van der Waals surface area contributed by atoms with Gasteiger partial charge in [-0.1, -0.05) is 24.8 Å². The third-order valence-corrected chi connectivity index (χ3v) is 5.08. The molecule has 0 fully saturated rings. The normalized spacial score (nSPS) is 14.8. The number of carbonyl (C=O) groups is 2. The van der Waals surface area contributed by atoms with Crippen molar-refractivity contribution in [3.63, 3.8) is 0 Å². The molecule has 8 nitrogen and oxygen atoms in total. The van der Waals surface area contributed by atoms with Gasteiger partial charge in [0, 0.05) is 18.7 Å². The maximum absolute atomic E-state index is 12.3. The molecule has 1 aliphatic rings. The number of anilines is 1. The van der Waals surface area contributed by atoms with Gasteiger partial charge in [0.1, 0.15) is 28.6 Å². The number of para-hydroxylation sites is 1. The lowest BCUT2D eigenvalue weighted by Crippen LogP contribution is -2.34. The minimum Gasteiger partial charge on any atom is -0.457 e. The van der Waals surface area contributed by atoms with Crippen molar-refractivity contribution < 1.29 is 14.3 Å². The predicted octanol–water partition coefficient (Wildman–Crippen LogP) is 3.10. The number of carbonyl (C=O) groups excluding carboxylic acids is 2. The Hall–Kier alpha value is -4.07. The van der Waals surface area contributed by atoms with Crippen LogP contribution in [0.5, 0.6) is 11.5 Å². The molecule has 1 atom stereocenters. The number of nitrogens with zero attached hydrogens (tertiary/aromatic N) is 2. The lowest BCUT2D eigenvalue weighted by molar-refractivity contribution is -0.116. The summed E-state index contributed by atoms with van der Waals surface area (Å²) in [5.74, 6) is 1.15. The number of hydrogen-bond acceptors (Lipinski definition) is 5. The number of hydrogen-bond donors (Lipinski definition) is 3. The van der Waals surface area contributed by atoms with E-state index in [-0.39, 0.29) is 11.9 Å². The first-order chi connectivity index (χ1) is 15.1. The molecule has 4 N–H and O–H groups in total. The van der Waals surface area contributed by atoms with Crippen LogP contribution in [-0.4, -0.2) is 34.7 Å². The number of amides is 2. The molecule has 3 aromatic rings. The fraction of sp³-hybridized carbons (Fsp3) is 0.174. The number of aromatic nitrogens is 2. The highest BCUT2D eigenvalue weighted by molar-refractivity contribution is 6.03. The Bertz CT molecular complexity index is 1110. The Balaban J connectivity index is 1.64. The third kappa shape index (κ3) is 4.28. The lowest BCUT2D eigenvalue weighted by atomic mass is 10.1. The number of nitrogens with one attached hydrogen (secondary N) is 2. The number of primary amides is 1. The van der Waals surface area contributed by atoms with Crippen molar-refractivity contribution in [2.45, 2.75) is 12.5 Å². The molecule has 0 bridgehead atoms. The van der Waals surface area contributed by atoms with Gasteiger partial charge in [-0.25, -0.2) is 4.68 Å². The first-order valence-corrected chi connectivity index (χ1v) is 9.96. The molecule has 2 heterocycles. The van der Waals surface area contributed by atoms with Gasteiger partial charge in [-0.15, -0.1) is 0 Å². The molecule has 1 aliphatic heterocycles. The topological polar surface area (TPSA) is 111 Å². The molecule has 0 aliphatic carbocycles. The molecular weight excluding hydrogens is 394 g/mol. The summed E-state index contributed by atoms with van der Waals surface area (Å²) in [5.41, 5.74) is 7.26. The summed E-state index contributed by atoms with van der Waals surface area (Å²) in [4.78, 5) is 23.8. The van der Waals surface area contributed by atoms with Gasteiger partial charge in [0.2, 0.25) is 5.91 Å². The average Bonchev–Trinajstić information content (AvgIpc) is 3.19. The van der Waals surface area contributed by atoms with Crippen LogP contribution in [-0.2, 0) is 4.79 Å². The first-order valence-electron chi connectivity index (χ1n) is 9.96. The summed E-state index contributed by atoms with van der Waals surface area (Å²) in [5, 5.41) is 10.7. The molecule has 2 amide bonds. The highest BCUT2D eigenvalue weighted by atomic mass is 16.5. The molecular formula is C23H23N5O3. The van der Waals surface area contributed by atoms with Gasteiger partial charge in [-0.3, -0.25) is 9.59 Å². The number of fused-ring (bicyclic) bond motifs is 1. The minimum absolute atomic E-state index is 0.104. The third-order valence-electron chi connectivity index (χ3n) is 5.08. The Morgan fingerprint density at radius 1 is 1.19 bits per heavy atom. The summed E-state index contributed by atoms with van der Waals surface area (Å²) in [6, 6.07) is 16.7. The average molecular weight is 417 g/mol. The van der Waals surface area contributed by atoms with Gasteiger partial charge < -0.3 is 21.1 Å². The molecule has 1 aromatic heterocycles. The first kappa shape index (κ1) is 20.2. The predicted molar refractivity (Wildman–Crippen MR) is 118 cm³/mol. The summed E-state index contributed by atoms with van der Waals surface area (Å²) >= 11 is 0. The van der Waals surface area contributed by atoms with Gasteiger partial charge in [0.05, 0.1) is 6.04 Å². The van der Waals surface area contributed by atoms with E-state index in [1.165, 1.54) is 6.08 Å². The molecule has 4 rings (SSSR count). The number of benzene rings is 2.